The molecule has 2 aromatic carbocycles. The molecule has 11 heteroatoms. The van der Waals surface area contributed by atoms with E-state index in [1.54, 1.807) is 25.1 Å². The van der Waals surface area contributed by atoms with Gasteiger partial charge in [-0.15, -0.1) is 0 Å². The summed E-state index contributed by atoms with van der Waals surface area (Å²) >= 11 is 6.31. The summed E-state index contributed by atoms with van der Waals surface area (Å²) in [6.45, 7) is 2.85. The van der Waals surface area contributed by atoms with Crippen LogP contribution in [0.4, 0.5) is 23.1 Å². The fourth-order valence-corrected chi connectivity index (χ4v) is 4.85. The Hall–Kier alpha value is -3.21. The SMILES string of the molecule is CC(=O)N1CCc2ccc(Nc3ncc(Cl)c(Nc4ccccc4S(=O)(=O)N(C)C)n3)cc2C1. The number of benzene rings is 2. The van der Waals surface area contributed by atoms with E-state index in [-0.39, 0.29) is 21.6 Å². The number of anilines is 4. The van der Waals surface area contributed by atoms with Crippen molar-refractivity contribution in [2.24, 2.45) is 0 Å². The number of fused-ring (bicyclic) bond motifs is 1. The highest BCUT2D eigenvalue weighted by Crippen LogP contribution is 2.30. The number of hydrogen-bond acceptors (Lipinski definition) is 7. The van der Waals surface area contributed by atoms with E-state index in [1.807, 2.05) is 23.1 Å². The number of sulfonamides is 1. The summed E-state index contributed by atoms with van der Waals surface area (Å²) in [5, 5.41) is 6.43. The largest absolute Gasteiger partial charge is 0.338 e. The Morgan fingerprint density at radius 2 is 1.88 bits per heavy atom. The van der Waals surface area contributed by atoms with Gasteiger partial charge >= 0.3 is 0 Å². The Labute approximate surface area is 203 Å². The molecule has 3 aromatic rings. The number of rotatable bonds is 6. The van der Waals surface area contributed by atoms with Crippen LogP contribution in [0, 0.1) is 0 Å². The molecule has 4 rings (SSSR count). The van der Waals surface area contributed by atoms with Gasteiger partial charge in [-0.3, -0.25) is 4.79 Å². The van der Waals surface area contributed by atoms with Gasteiger partial charge in [-0.25, -0.2) is 17.7 Å². The molecule has 0 bridgehead atoms. The van der Waals surface area contributed by atoms with Crippen LogP contribution in [0.2, 0.25) is 5.02 Å². The number of aromatic nitrogens is 2. The summed E-state index contributed by atoms with van der Waals surface area (Å²) in [5.74, 6) is 0.609. The molecule has 0 spiro atoms. The van der Waals surface area contributed by atoms with Crippen molar-refractivity contribution in [2.75, 3.05) is 31.3 Å². The van der Waals surface area contributed by atoms with Crippen LogP contribution < -0.4 is 10.6 Å². The highest BCUT2D eigenvalue weighted by atomic mass is 35.5. The lowest BCUT2D eigenvalue weighted by Gasteiger charge is -2.28. The lowest BCUT2D eigenvalue weighted by atomic mass is 9.99. The first-order valence-electron chi connectivity index (χ1n) is 10.6. The molecule has 0 radical (unpaired) electrons. The molecule has 0 unspecified atom stereocenters. The van der Waals surface area contributed by atoms with Gasteiger partial charge in [-0.05, 0) is 41.8 Å². The van der Waals surface area contributed by atoms with E-state index >= 15 is 0 Å². The molecule has 0 fully saturated rings. The first-order valence-corrected chi connectivity index (χ1v) is 12.4. The van der Waals surface area contributed by atoms with Crippen LogP contribution >= 0.6 is 11.6 Å². The summed E-state index contributed by atoms with van der Waals surface area (Å²) in [4.78, 5) is 22.4. The van der Waals surface area contributed by atoms with Gasteiger partial charge in [0, 0.05) is 39.8 Å². The molecular weight excluding hydrogens is 476 g/mol. The summed E-state index contributed by atoms with van der Waals surface area (Å²) in [5.41, 5.74) is 3.40. The molecule has 0 saturated carbocycles. The van der Waals surface area contributed by atoms with Crippen molar-refractivity contribution in [1.29, 1.82) is 0 Å². The fraction of sp³-hybridized carbons (Fsp3) is 0.261. The number of amides is 1. The first-order chi connectivity index (χ1) is 16.1. The molecule has 178 valence electrons. The van der Waals surface area contributed by atoms with Gasteiger partial charge in [0.2, 0.25) is 21.9 Å². The Morgan fingerprint density at radius 3 is 2.62 bits per heavy atom. The van der Waals surface area contributed by atoms with Crippen LogP contribution in [-0.2, 0) is 27.8 Å². The molecular formula is C23H25ClN6O3S. The van der Waals surface area contributed by atoms with Gasteiger partial charge in [0.25, 0.3) is 0 Å². The second kappa shape index (κ2) is 9.57. The van der Waals surface area contributed by atoms with E-state index in [2.05, 4.69) is 20.6 Å². The Balaban J connectivity index is 1.59. The number of nitrogens with zero attached hydrogens (tertiary/aromatic N) is 4. The van der Waals surface area contributed by atoms with Gasteiger partial charge in [0.1, 0.15) is 9.92 Å². The number of para-hydroxylation sites is 1. The van der Waals surface area contributed by atoms with E-state index in [9.17, 15) is 13.2 Å². The monoisotopic (exact) mass is 500 g/mol. The van der Waals surface area contributed by atoms with Crippen LogP contribution in [-0.4, -0.2) is 54.1 Å². The molecule has 9 nitrogen and oxygen atoms in total. The minimum Gasteiger partial charge on any atom is -0.338 e. The second-order valence-corrected chi connectivity index (χ2v) is 10.6. The number of carbonyl (C=O) groups is 1. The first kappa shape index (κ1) is 23.9. The van der Waals surface area contributed by atoms with E-state index in [1.165, 1.54) is 31.9 Å². The maximum atomic E-state index is 12.7. The molecule has 1 amide bonds. The smallest absolute Gasteiger partial charge is 0.244 e. The lowest BCUT2D eigenvalue weighted by Crippen LogP contribution is -2.34. The number of halogens is 1. The van der Waals surface area contributed by atoms with E-state index in [0.717, 1.165) is 28.5 Å². The fourth-order valence-electron chi connectivity index (χ4n) is 3.67. The maximum absolute atomic E-state index is 12.7. The van der Waals surface area contributed by atoms with Crippen molar-refractivity contribution < 1.29 is 13.2 Å². The van der Waals surface area contributed by atoms with Crippen LogP contribution in [0.25, 0.3) is 0 Å². The van der Waals surface area contributed by atoms with Crippen molar-refractivity contribution in [3.05, 3.63) is 64.8 Å². The molecule has 0 saturated heterocycles. The number of hydrogen-bond donors (Lipinski definition) is 2. The van der Waals surface area contributed by atoms with Crippen LogP contribution in [0.5, 0.6) is 0 Å². The molecule has 2 heterocycles. The van der Waals surface area contributed by atoms with Crippen LogP contribution in [0.15, 0.2) is 53.6 Å². The Morgan fingerprint density at radius 1 is 1.12 bits per heavy atom. The van der Waals surface area contributed by atoms with Gasteiger partial charge < -0.3 is 15.5 Å². The van der Waals surface area contributed by atoms with Crippen molar-refractivity contribution in [2.45, 2.75) is 24.8 Å². The summed E-state index contributed by atoms with van der Waals surface area (Å²) in [6, 6.07) is 12.5. The quantitative estimate of drug-likeness (QED) is 0.530. The lowest BCUT2D eigenvalue weighted by molar-refractivity contribution is -0.129. The highest BCUT2D eigenvalue weighted by molar-refractivity contribution is 7.89. The van der Waals surface area contributed by atoms with E-state index in [4.69, 9.17) is 11.6 Å². The summed E-state index contributed by atoms with van der Waals surface area (Å²) < 4.78 is 26.5. The molecule has 1 aliphatic rings. The minimum atomic E-state index is -3.68. The normalized spacial score (nSPS) is 13.5. The van der Waals surface area contributed by atoms with Gasteiger partial charge in [-0.2, -0.15) is 4.98 Å². The number of carbonyl (C=O) groups excluding carboxylic acids is 1. The summed E-state index contributed by atoms with van der Waals surface area (Å²) in [6.07, 6.45) is 2.26. The molecule has 2 N–H and O–H groups in total. The van der Waals surface area contributed by atoms with Gasteiger partial charge in [0.15, 0.2) is 5.82 Å². The zero-order valence-corrected chi connectivity index (χ0v) is 20.6. The van der Waals surface area contributed by atoms with Crippen LogP contribution in [0.1, 0.15) is 18.1 Å². The zero-order chi connectivity index (χ0) is 24.5. The Bertz CT molecular complexity index is 1350. The predicted molar refractivity (Wildman–Crippen MR) is 132 cm³/mol. The average Bonchev–Trinajstić information content (AvgIpc) is 2.81. The third-order valence-corrected chi connectivity index (χ3v) is 7.71. The van der Waals surface area contributed by atoms with Crippen molar-refractivity contribution in [3.63, 3.8) is 0 Å². The highest BCUT2D eigenvalue weighted by Gasteiger charge is 2.22. The number of nitrogens with one attached hydrogen (secondary N) is 2. The molecule has 34 heavy (non-hydrogen) atoms. The topological polar surface area (TPSA) is 108 Å². The Kier molecular flexibility index (Phi) is 6.74. The standard InChI is InChI=1S/C23H25ClN6O3S/c1-15(31)30-11-10-16-8-9-18(12-17(16)14-30)26-23-25-13-19(24)22(28-23)27-20-6-4-5-7-21(20)34(32,33)29(2)3/h4-9,12-13H,10-11,14H2,1-3H3,(H2,25,26,27,28). The molecule has 1 aliphatic heterocycles. The van der Waals surface area contributed by atoms with Crippen molar-refractivity contribution in [1.82, 2.24) is 19.2 Å². The molecule has 0 atom stereocenters. The summed E-state index contributed by atoms with van der Waals surface area (Å²) in [7, 11) is -0.733. The van der Waals surface area contributed by atoms with Crippen molar-refractivity contribution >= 4 is 50.7 Å². The predicted octanol–water partition coefficient (Wildman–Crippen LogP) is 3.77. The van der Waals surface area contributed by atoms with E-state index < -0.39 is 10.0 Å². The van der Waals surface area contributed by atoms with Crippen LogP contribution in [0.3, 0.4) is 0 Å². The third kappa shape index (κ3) is 4.98. The minimum absolute atomic E-state index is 0.0531. The van der Waals surface area contributed by atoms with Gasteiger partial charge in [0.05, 0.1) is 11.9 Å². The van der Waals surface area contributed by atoms with E-state index in [0.29, 0.717) is 18.2 Å². The zero-order valence-electron chi connectivity index (χ0n) is 19.0. The third-order valence-electron chi connectivity index (χ3n) is 5.56. The van der Waals surface area contributed by atoms with Crippen molar-refractivity contribution in [3.8, 4) is 0 Å². The molecule has 0 aliphatic carbocycles. The molecule has 1 aromatic heterocycles. The van der Waals surface area contributed by atoms with Gasteiger partial charge in [-0.1, -0.05) is 29.8 Å². The second-order valence-electron chi connectivity index (χ2n) is 8.10. The maximum Gasteiger partial charge on any atom is 0.244 e. The average molecular weight is 501 g/mol.